The number of nitrogens with zero attached hydrogens (tertiary/aromatic N) is 1. The SMILES string of the molecule is O=C(N[C@@H](Cc1ccccc1)C(=O)N[C@@H](CC1CCC1)S(=O)O)c1ccc(O)c(CN2CCOCC2)c1. The third-order valence-electron chi connectivity index (χ3n) is 7.06. The molecule has 0 bridgehead atoms. The van der Waals surface area contributed by atoms with E-state index in [9.17, 15) is 23.5 Å². The third kappa shape index (κ3) is 7.85. The molecule has 0 aromatic heterocycles. The number of ether oxygens (including phenoxy) is 1. The van der Waals surface area contributed by atoms with E-state index in [1.807, 2.05) is 30.3 Å². The van der Waals surface area contributed by atoms with Gasteiger partial charge in [-0.15, -0.1) is 0 Å². The van der Waals surface area contributed by atoms with Gasteiger partial charge in [0, 0.05) is 37.2 Å². The van der Waals surface area contributed by atoms with Crippen molar-refractivity contribution >= 4 is 22.9 Å². The summed E-state index contributed by atoms with van der Waals surface area (Å²) in [5, 5.41) is 15.0. The highest BCUT2D eigenvalue weighted by molar-refractivity contribution is 7.79. The van der Waals surface area contributed by atoms with E-state index in [2.05, 4.69) is 15.5 Å². The van der Waals surface area contributed by atoms with Crippen LogP contribution in [0.1, 0.15) is 47.2 Å². The molecule has 37 heavy (non-hydrogen) atoms. The number of phenolic OH excluding ortho intramolecular Hbond substituents is 1. The molecule has 2 aromatic carbocycles. The number of nitrogens with one attached hydrogen (secondary N) is 2. The molecule has 4 rings (SSSR count). The molecule has 200 valence electrons. The summed E-state index contributed by atoms with van der Waals surface area (Å²) in [5.74, 6) is -0.535. The fourth-order valence-electron chi connectivity index (χ4n) is 4.64. The predicted octanol–water partition coefficient (Wildman–Crippen LogP) is 2.42. The van der Waals surface area contributed by atoms with Crippen LogP contribution in [0.2, 0.25) is 0 Å². The minimum absolute atomic E-state index is 0.103. The summed E-state index contributed by atoms with van der Waals surface area (Å²) >= 11 is -2.22. The van der Waals surface area contributed by atoms with Crippen molar-refractivity contribution in [2.24, 2.45) is 5.92 Å². The molecule has 1 saturated carbocycles. The normalized spacial score (nSPS) is 18.8. The first kappa shape index (κ1) is 27.3. The van der Waals surface area contributed by atoms with E-state index in [0.717, 1.165) is 37.9 Å². The Labute approximate surface area is 219 Å². The maximum Gasteiger partial charge on any atom is 0.251 e. The molecule has 1 aliphatic heterocycles. The fraction of sp³-hybridized carbons (Fsp3) is 0.481. The average Bonchev–Trinajstić information content (AvgIpc) is 2.87. The lowest BCUT2D eigenvalue weighted by Crippen LogP contribution is -2.52. The van der Waals surface area contributed by atoms with Crippen LogP contribution in [0.5, 0.6) is 5.75 Å². The van der Waals surface area contributed by atoms with Crippen molar-refractivity contribution in [3.05, 3.63) is 65.2 Å². The molecule has 0 spiro atoms. The van der Waals surface area contributed by atoms with E-state index < -0.39 is 34.3 Å². The van der Waals surface area contributed by atoms with E-state index in [4.69, 9.17) is 4.74 Å². The highest BCUT2D eigenvalue weighted by Gasteiger charge is 2.30. The molecule has 1 saturated heterocycles. The summed E-state index contributed by atoms with van der Waals surface area (Å²) in [7, 11) is 0. The number of phenols is 1. The van der Waals surface area contributed by atoms with Crippen LogP contribution < -0.4 is 10.6 Å². The Bertz CT molecular complexity index is 1090. The lowest BCUT2D eigenvalue weighted by Gasteiger charge is -2.29. The van der Waals surface area contributed by atoms with Gasteiger partial charge in [-0.2, -0.15) is 0 Å². The summed E-state index contributed by atoms with van der Waals surface area (Å²) in [6.45, 7) is 3.21. The Morgan fingerprint density at radius 3 is 2.46 bits per heavy atom. The minimum Gasteiger partial charge on any atom is -0.508 e. The van der Waals surface area contributed by atoms with Gasteiger partial charge in [-0.25, -0.2) is 4.21 Å². The topological polar surface area (TPSA) is 128 Å². The molecule has 2 aromatic rings. The highest BCUT2D eigenvalue weighted by atomic mass is 32.2. The van der Waals surface area contributed by atoms with Gasteiger partial charge < -0.3 is 25.0 Å². The largest absolute Gasteiger partial charge is 0.508 e. The van der Waals surface area contributed by atoms with Crippen LogP contribution in [0, 0.1) is 5.92 Å². The molecule has 0 radical (unpaired) electrons. The number of carbonyl (C=O) groups excluding carboxylic acids is 2. The quantitative estimate of drug-likeness (QED) is 0.329. The molecule has 3 atom stereocenters. The van der Waals surface area contributed by atoms with Crippen molar-refractivity contribution in [3.63, 3.8) is 0 Å². The predicted molar refractivity (Wildman–Crippen MR) is 140 cm³/mol. The van der Waals surface area contributed by atoms with Gasteiger partial charge in [0.1, 0.15) is 17.2 Å². The smallest absolute Gasteiger partial charge is 0.251 e. The van der Waals surface area contributed by atoms with Crippen molar-refractivity contribution in [2.45, 2.75) is 50.1 Å². The molecule has 1 unspecified atom stereocenters. The zero-order chi connectivity index (χ0) is 26.2. The van der Waals surface area contributed by atoms with Gasteiger partial charge in [-0.1, -0.05) is 49.6 Å². The second kappa shape index (κ2) is 13.1. The van der Waals surface area contributed by atoms with Crippen LogP contribution in [0.25, 0.3) is 0 Å². The zero-order valence-electron chi connectivity index (χ0n) is 20.8. The summed E-state index contributed by atoms with van der Waals surface area (Å²) in [4.78, 5) is 28.7. The Kier molecular flexibility index (Phi) is 9.68. The van der Waals surface area contributed by atoms with E-state index in [-0.39, 0.29) is 12.2 Å². The van der Waals surface area contributed by atoms with Gasteiger partial charge in [0.15, 0.2) is 11.1 Å². The zero-order valence-corrected chi connectivity index (χ0v) is 21.6. The third-order valence-corrected chi connectivity index (χ3v) is 7.86. The first-order valence-electron chi connectivity index (χ1n) is 12.8. The fourth-order valence-corrected chi connectivity index (χ4v) is 5.29. The van der Waals surface area contributed by atoms with Gasteiger partial charge in [0.2, 0.25) is 5.91 Å². The number of morpholine rings is 1. The monoisotopic (exact) mass is 529 g/mol. The maximum absolute atomic E-state index is 13.3. The lowest BCUT2D eigenvalue weighted by atomic mass is 9.83. The van der Waals surface area contributed by atoms with Gasteiger partial charge in [0.05, 0.1) is 13.2 Å². The van der Waals surface area contributed by atoms with Crippen LogP contribution in [0.4, 0.5) is 0 Å². The van der Waals surface area contributed by atoms with Crippen LogP contribution in [-0.2, 0) is 33.6 Å². The van der Waals surface area contributed by atoms with Gasteiger partial charge >= 0.3 is 0 Å². The second-order valence-electron chi connectivity index (χ2n) is 9.75. The Balaban J connectivity index is 1.48. The number of benzene rings is 2. The number of carbonyl (C=O) groups is 2. The van der Waals surface area contributed by atoms with Crippen LogP contribution in [-0.4, -0.2) is 68.3 Å². The van der Waals surface area contributed by atoms with E-state index in [1.165, 1.54) is 12.1 Å². The summed E-state index contributed by atoms with van der Waals surface area (Å²) < 4.78 is 27.1. The Morgan fingerprint density at radius 2 is 1.81 bits per heavy atom. The Hall–Kier alpha value is -2.79. The standard InChI is InChI=1S/C27H35N3O6S/c31-24-10-9-21(17-22(24)18-30-11-13-36-14-12-30)26(32)28-23(15-19-5-2-1-3-6-19)27(33)29-25(37(34)35)16-20-7-4-8-20/h1-3,5-6,9-10,17,20,23,25,31H,4,7-8,11-16,18H2,(H,28,32)(H,29,33)(H,34,35)/t23-,25+/m0/s1. The van der Waals surface area contributed by atoms with Gasteiger partial charge in [-0.05, 0) is 36.1 Å². The second-order valence-corrected chi connectivity index (χ2v) is 10.9. The van der Waals surface area contributed by atoms with E-state index in [1.54, 1.807) is 6.07 Å². The molecule has 1 aliphatic carbocycles. The molecule has 4 N–H and O–H groups in total. The van der Waals surface area contributed by atoms with Crippen molar-refractivity contribution in [2.75, 3.05) is 26.3 Å². The molecule has 1 heterocycles. The molecule has 2 amide bonds. The van der Waals surface area contributed by atoms with Gasteiger partial charge in [-0.3, -0.25) is 14.5 Å². The first-order valence-corrected chi connectivity index (χ1v) is 13.9. The summed E-state index contributed by atoms with van der Waals surface area (Å²) in [5.41, 5.74) is 1.79. The maximum atomic E-state index is 13.3. The molecule has 2 aliphatic rings. The van der Waals surface area contributed by atoms with Crippen molar-refractivity contribution in [3.8, 4) is 5.75 Å². The number of aromatic hydroxyl groups is 1. The van der Waals surface area contributed by atoms with Crippen LogP contribution >= 0.6 is 0 Å². The van der Waals surface area contributed by atoms with Crippen LogP contribution in [0.3, 0.4) is 0 Å². The minimum atomic E-state index is -2.22. The molecule has 9 nitrogen and oxygen atoms in total. The molecule has 10 heteroatoms. The summed E-state index contributed by atoms with van der Waals surface area (Å²) in [6.07, 6.45) is 3.73. The average molecular weight is 530 g/mol. The van der Waals surface area contributed by atoms with Crippen molar-refractivity contribution in [1.82, 2.24) is 15.5 Å². The Morgan fingerprint density at radius 1 is 1.08 bits per heavy atom. The highest BCUT2D eigenvalue weighted by Crippen LogP contribution is 2.31. The molecular formula is C27H35N3O6S. The first-order chi connectivity index (χ1) is 17.9. The number of amides is 2. The summed E-state index contributed by atoms with van der Waals surface area (Å²) in [6, 6.07) is 13.0. The van der Waals surface area contributed by atoms with Gasteiger partial charge in [0.25, 0.3) is 5.91 Å². The van der Waals surface area contributed by atoms with E-state index >= 15 is 0 Å². The van der Waals surface area contributed by atoms with Crippen molar-refractivity contribution in [1.29, 1.82) is 0 Å². The number of hydrogen-bond donors (Lipinski definition) is 4. The number of rotatable bonds is 11. The van der Waals surface area contributed by atoms with Crippen LogP contribution in [0.15, 0.2) is 48.5 Å². The number of hydrogen-bond acceptors (Lipinski definition) is 6. The lowest BCUT2D eigenvalue weighted by molar-refractivity contribution is -0.123. The van der Waals surface area contributed by atoms with Crippen molar-refractivity contribution < 1.29 is 28.2 Å². The molecular weight excluding hydrogens is 494 g/mol. The van der Waals surface area contributed by atoms with E-state index in [0.29, 0.717) is 43.2 Å². The molecule has 2 fully saturated rings.